The van der Waals surface area contributed by atoms with Gasteiger partial charge in [-0.25, -0.2) is 0 Å². The molecule has 0 aromatic heterocycles. The Hall–Kier alpha value is 0.310. The molecule has 0 saturated heterocycles. The monoisotopic (exact) mass is 80.0 g/mol. The molecule has 0 aliphatic carbocycles. The van der Waals surface area contributed by atoms with Crippen molar-refractivity contribution in [3.63, 3.8) is 0 Å². The van der Waals surface area contributed by atoms with Gasteiger partial charge in [0.05, 0.1) is 6.61 Å². The second-order valence-corrected chi connectivity index (χ2v) is 0.894. The summed E-state index contributed by atoms with van der Waals surface area (Å²) in [6, 6.07) is 0. The van der Waals surface area contributed by atoms with E-state index in [4.69, 9.17) is 5.11 Å². The highest BCUT2D eigenvalue weighted by molar-refractivity contribution is 7.80. The van der Waals surface area contributed by atoms with E-state index in [2.05, 4.69) is 12.6 Å². The van der Waals surface area contributed by atoms with E-state index >= 15 is 0 Å². The Morgan fingerprint density at radius 2 is 2.00 bits per heavy atom. The molecular weight excluding hydrogens is 74.1 g/mol. The quantitative estimate of drug-likeness (QED) is 0.333. The fourth-order valence-corrected chi connectivity index (χ4v) is 0. The standard InChI is InChI=1S/C2H6OS/c3-1-2-4/h3-4H,1-2H2/i1+1,2+1. The summed E-state index contributed by atoms with van der Waals surface area (Å²) in [6.45, 7) is 0.184. The number of rotatable bonds is 1. The molecule has 0 fully saturated rings. The van der Waals surface area contributed by atoms with E-state index in [1.807, 2.05) is 0 Å². The summed E-state index contributed by atoms with van der Waals surface area (Å²) in [7, 11) is 0. The zero-order valence-corrected chi connectivity index (χ0v) is 3.20. The lowest BCUT2D eigenvalue weighted by Crippen LogP contribution is -1.76. The summed E-state index contributed by atoms with van der Waals surface area (Å²) in [5, 5.41) is 7.80. The lowest BCUT2D eigenvalue weighted by atomic mass is 11.9. The van der Waals surface area contributed by atoms with E-state index in [1.54, 1.807) is 0 Å². The zero-order valence-electron chi connectivity index (χ0n) is 2.31. The SMILES string of the molecule is O[13CH2][13CH2]S. The largest absolute Gasteiger partial charge is 0.396 e. The Kier molecular flexibility index (Phi) is 3.57. The normalized spacial score (nSPS) is 7.50. The van der Waals surface area contributed by atoms with Crippen molar-refractivity contribution in [1.29, 1.82) is 0 Å². The van der Waals surface area contributed by atoms with Crippen molar-refractivity contribution in [2.24, 2.45) is 0 Å². The van der Waals surface area contributed by atoms with E-state index < -0.39 is 0 Å². The molecule has 0 heterocycles. The predicted molar refractivity (Wildman–Crippen MR) is 20.9 cm³/mol. The third-order valence-corrected chi connectivity index (χ3v) is 0.300. The van der Waals surface area contributed by atoms with Gasteiger partial charge < -0.3 is 5.11 Å². The minimum absolute atomic E-state index is 0.184. The van der Waals surface area contributed by atoms with Crippen LogP contribution < -0.4 is 0 Å². The summed E-state index contributed by atoms with van der Waals surface area (Å²) in [5.74, 6) is 0.569. The lowest BCUT2D eigenvalue weighted by molar-refractivity contribution is 0.323. The molecule has 0 aromatic carbocycles. The van der Waals surface area contributed by atoms with Crippen molar-refractivity contribution in [1.82, 2.24) is 0 Å². The van der Waals surface area contributed by atoms with Crippen LogP contribution in [0.15, 0.2) is 0 Å². The van der Waals surface area contributed by atoms with Crippen molar-refractivity contribution < 1.29 is 5.11 Å². The molecule has 26 valence electrons. The molecule has 2 heteroatoms. The van der Waals surface area contributed by atoms with Crippen LogP contribution in [0.5, 0.6) is 0 Å². The first kappa shape index (κ1) is 4.31. The van der Waals surface area contributed by atoms with Crippen molar-refractivity contribution in [2.45, 2.75) is 0 Å². The molecule has 0 unspecified atom stereocenters. The highest BCUT2D eigenvalue weighted by Gasteiger charge is 1.57. The van der Waals surface area contributed by atoms with E-state index in [-0.39, 0.29) is 6.61 Å². The molecule has 4 heavy (non-hydrogen) atoms. The first-order chi connectivity index (χ1) is 1.91. The van der Waals surface area contributed by atoms with Gasteiger partial charge in [-0.2, -0.15) is 12.6 Å². The van der Waals surface area contributed by atoms with Crippen molar-refractivity contribution in [3.05, 3.63) is 0 Å². The van der Waals surface area contributed by atoms with Gasteiger partial charge in [0, 0.05) is 5.75 Å². The molecule has 1 nitrogen and oxygen atoms in total. The minimum Gasteiger partial charge on any atom is -0.396 e. The maximum Gasteiger partial charge on any atom is 0.0519 e. The molecule has 1 N–H and O–H groups in total. The summed E-state index contributed by atoms with van der Waals surface area (Å²) < 4.78 is 0. The van der Waals surface area contributed by atoms with Crippen LogP contribution in [-0.2, 0) is 0 Å². The molecule has 0 spiro atoms. The van der Waals surface area contributed by atoms with Crippen molar-refractivity contribution in [2.75, 3.05) is 12.4 Å². The average molecular weight is 80.1 g/mol. The molecule has 0 atom stereocenters. The van der Waals surface area contributed by atoms with Crippen LogP contribution in [0.3, 0.4) is 0 Å². The van der Waals surface area contributed by atoms with E-state index in [9.17, 15) is 0 Å². The van der Waals surface area contributed by atoms with Crippen LogP contribution in [0.2, 0.25) is 0 Å². The van der Waals surface area contributed by atoms with Gasteiger partial charge in [-0.3, -0.25) is 0 Å². The first-order valence-corrected chi connectivity index (χ1v) is 1.76. The van der Waals surface area contributed by atoms with Crippen molar-refractivity contribution in [3.8, 4) is 0 Å². The van der Waals surface area contributed by atoms with Gasteiger partial charge in [0.1, 0.15) is 0 Å². The Labute approximate surface area is 31.1 Å². The number of thiol groups is 1. The Morgan fingerprint density at radius 3 is 2.00 bits per heavy atom. The van der Waals surface area contributed by atoms with Crippen LogP contribution >= 0.6 is 12.6 Å². The third kappa shape index (κ3) is 2.31. The molecule has 0 amide bonds. The van der Waals surface area contributed by atoms with Gasteiger partial charge in [-0.1, -0.05) is 0 Å². The molecule has 0 bridgehead atoms. The molecular formula is C2H6OS. The topological polar surface area (TPSA) is 20.2 Å². The maximum absolute atomic E-state index is 7.80. The summed E-state index contributed by atoms with van der Waals surface area (Å²) in [5.41, 5.74) is 0. The Balaban J connectivity index is 1.97. The van der Waals surface area contributed by atoms with Gasteiger partial charge in [0.2, 0.25) is 0 Å². The summed E-state index contributed by atoms with van der Waals surface area (Å²) in [6.07, 6.45) is 0. The first-order valence-electron chi connectivity index (χ1n) is 1.13. The molecule has 0 radical (unpaired) electrons. The van der Waals surface area contributed by atoms with Crippen LogP contribution in [0, 0.1) is 0 Å². The highest BCUT2D eigenvalue weighted by Crippen LogP contribution is 1.61. The van der Waals surface area contributed by atoms with Crippen LogP contribution in [0.1, 0.15) is 0 Å². The van der Waals surface area contributed by atoms with Gasteiger partial charge in [0.15, 0.2) is 0 Å². The van der Waals surface area contributed by atoms with Gasteiger partial charge in [0.25, 0.3) is 0 Å². The second-order valence-electron chi connectivity index (χ2n) is 0.447. The number of hydrogen-bond donors (Lipinski definition) is 2. The number of hydrogen-bond acceptors (Lipinski definition) is 2. The molecule has 0 rings (SSSR count). The van der Waals surface area contributed by atoms with Gasteiger partial charge >= 0.3 is 0 Å². The zero-order chi connectivity index (χ0) is 3.41. The van der Waals surface area contributed by atoms with Gasteiger partial charge in [-0.15, -0.1) is 0 Å². The van der Waals surface area contributed by atoms with Crippen molar-refractivity contribution >= 4 is 12.6 Å². The van der Waals surface area contributed by atoms with Crippen LogP contribution in [0.4, 0.5) is 0 Å². The van der Waals surface area contributed by atoms with Crippen LogP contribution in [0.25, 0.3) is 0 Å². The van der Waals surface area contributed by atoms with Gasteiger partial charge in [-0.05, 0) is 0 Å². The molecule has 0 aromatic rings. The number of aliphatic hydroxyl groups is 1. The number of aliphatic hydroxyl groups excluding tert-OH is 1. The third-order valence-electron chi connectivity index (χ3n) is 0.1000. The molecule has 0 saturated carbocycles. The summed E-state index contributed by atoms with van der Waals surface area (Å²) in [4.78, 5) is 0. The lowest BCUT2D eigenvalue weighted by Gasteiger charge is -1.69. The van der Waals surface area contributed by atoms with E-state index in [0.717, 1.165) is 0 Å². The van der Waals surface area contributed by atoms with E-state index in [1.165, 1.54) is 0 Å². The van der Waals surface area contributed by atoms with E-state index in [0.29, 0.717) is 5.75 Å². The Bertz CT molecular complexity index is 8.00. The molecule has 0 aliphatic heterocycles. The molecule has 0 aliphatic rings. The average Bonchev–Trinajstić information content (AvgIpc) is 1.37. The fourth-order valence-electron chi connectivity index (χ4n) is 0. The Morgan fingerprint density at radius 1 is 1.75 bits per heavy atom. The minimum atomic E-state index is 0.184. The summed E-state index contributed by atoms with van der Waals surface area (Å²) >= 11 is 3.67. The maximum atomic E-state index is 7.80. The highest BCUT2D eigenvalue weighted by atomic mass is 32.1. The van der Waals surface area contributed by atoms with Crippen LogP contribution in [-0.4, -0.2) is 17.5 Å². The fraction of sp³-hybridized carbons (Fsp3) is 1.00. The predicted octanol–water partition coefficient (Wildman–Crippen LogP) is -0.0915. The smallest absolute Gasteiger partial charge is 0.0519 e. The second kappa shape index (κ2) is 3.31.